The number of hydrogen-bond acceptors (Lipinski definition) is 1. The van der Waals surface area contributed by atoms with Crippen molar-refractivity contribution in [1.82, 2.24) is 10.6 Å². The second-order valence-corrected chi connectivity index (χ2v) is 4.87. The number of nitrogens with zero attached hydrogens (tertiary/aromatic N) is 1. The van der Waals surface area contributed by atoms with Crippen LogP contribution in [0.3, 0.4) is 0 Å². The highest BCUT2D eigenvalue weighted by molar-refractivity contribution is 14.0. The molecule has 1 atom stereocenters. The van der Waals surface area contributed by atoms with Crippen LogP contribution in [0.2, 0.25) is 0 Å². The summed E-state index contributed by atoms with van der Waals surface area (Å²) in [7, 11) is 1.82. The van der Waals surface area contributed by atoms with Crippen molar-refractivity contribution in [1.29, 1.82) is 0 Å². The number of halogens is 1. The summed E-state index contributed by atoms with van der Waals surface area (Å²) in [5.74, 6) is 1.68. The maximum atomic E-state index is 4.22. The van der Waals surface area contributed by atoms with Crippen LogP contribution in [0.25, 0.3) is 0 Å². The normalized spacial score (nSPS) is 13.6. The molecule has 0 fully saturated rings. The second-order valence-electron chi connectivity index (χ2n) is 4.87. The average molecular weight is 367 g/mol. The van der Waals surface area contributed by atoms with Crippen molar-refractivity contribution in [2.24, 2.45) is 10.9 Å². The highest BCUT2D eigenvalue weighted by atomic mass is 127. The van der Waals surface area contributed by atoms with Gasteiger partial charge in [0.05, 0.1) is 0 Å². The van der Waals surface area contributed by atoms with Crippen molar-refractivity contribution in [3.8, 4) is 0 Å². The number of guanidine groups is 1. The highest BCUT2D eigenvalue weighted by Gasteiger charge is 2.05. The van der Waals surface area contributed by atoms with E-state index in [-0.39, 0.29) is 24.0 Å². The van der Waals surface area contributed by atoms with Crippen molar-refractivity contribution in [2.45, 2.75) is 53.0 Å². The fourth-order valence-electron chi connectivity index (χ4n) is 1.52. The minimum atomic E-state index is 0. The third kappa shape index (κ3) is 12.2. The van der Waals surface area contributed by atoms with Crippen LogP contribution in [0.4, 0.5) is 0 Å². The van der Waals surface area contributed by atoms with E-state index in [2.05, 4.69) is 48.5 Å². The van der Waals surface area contributed by atoms with Gasteiger partial charge in [0.25, 0.3) is 0 Å². The van der Waals surface area contributed by atoms with E-state index in [1.165, 1.54) is 12.8 Å². The van der Waals surface area contributed by atoms with Gasteiger partial charge in [0.2, 0.25) is 0 Å². The second kappa shape index (κ2) is 13.2. The van der Waals surface area contributed by atoms with Crippen LogP contribution in [0.15, 0.2) is 17.1 Å². The smallest absolute Gasteiger partial charge is 0.191 e. The molecule has 1 unspecified atom stereocenters. The first-order valence-corrected chi connectivity index (χ1v) is 6.68. The highest BCUT2D eigenvalue weighted by Crippen LogP contribution is 2.06. The Morgan fingerprint density at radius 1 is 1.22 bits per heavy atom. The predicted molar refractivity (Wildman–Crippen MR) is 92.9 cm³/mol. The Morgan fingerprint density at radius 3 is 2.39 bits per heavy atom. The summed E-state index contributed by atoms with van der Waals surface area (Å²) in [5.41, 5.74) is 0. The van der Waals surface area contributed by atoms with E-state index < -0.39 is 0 Å². The van der Waals surface area contributed by atoms with Gasteiger partial charge in [-0.05, 0) is 39.0 Å². The lowest BCUT2D eigenvalue weighted by Gasteiger charge is -2.18. The van der Waals surface area contributed by atoms with E-state index in [4.69, 9.17) is 0 Å². The molecule has 4 heteroatoms. The van der Waals surface area contributed by atoms with E-state index in [0.29, 0.717) is 6.04 Å². The average Bonchev–Trinajstić information content (AvgIpc) is 2.30. The van der Waals surface area contributed by atoms with E-state index in [1.807, 2.05) is 14.0 Å². The fourth-order valence-corrected chi connectivity index (χ4v) is 1.52. The number of rotatable bonds is 7. The first kappa shape index (κ1) is 20.1. The van der Waals surface area contributed by atoms with Crippen LogP contribution in [0.5, 0.6) is 0 Å². The Hall–Kier alpha value is -0.260. The molecule has 108 valence electrons. The molecule has 0 saturated heterocycles. The predicted octanol–water partition coefficient (Wildman–Crippen LogP) is 3.56. The first-order valence-electron chi connectivity index (χ1n) is 6.68. The third-order valence-electron chi connectivity index (χ3n) is 2.62. The summed E-state index contributed by atoms with van der Waals surface area (Å²) in [4.78, 5) is 4.22. The zero-order chi connectivity index (χ0) is 13.1. The van der Waals surface area contributed by atoms with Gasteiger partial charge < -0.3 is 10.6 Å². The molecule has 0 aromatic carbocycles. The lowest BCUT2D eigenvalue weighted by molar-refractivity contribution is 0.489. The molecule has 0 aromatic rings. The van der Waals surface area contributed by atoms with Gasteiger partial charge in [0.1, 0.15) is 0 Å². The van der Waals surface area contributed by atoms with Gasteiger partial charge in [-0.15, -0.1) is 24.0 Å². The molecule has 0 aromatic heterocycles. The van der Waals surface area contributed by atoms with Crippen molar-refractivity contribution < 1.29 is 0 Å². The fraction of sp³-hybridized carbons (Fsp3) is 0.786. The molecule has 0 aliphatic rings. The van der Waals surface area contributed by atoms with E-state index in [1.54, 1.807) is 0 Å². The molecular weight excluding hydrogens is 337 g/mol. The summed E-state index contributed by atoms with van der Waals surface area (Å²) in [6.07, 6.45) is 7.71. The number of allylic oxidation sites excluding steroid dienone is 1. The van der Waals surface area contributed by atoms with Gasteiger partial charge in [-0.3, -0.25) is 4.99 Å². The van der Waals surface area contributed by atoms with Crippen LogP contribution < -0.4 is 10.6 Å². The minimum absolute atomic E-state index is 0. The summed E-state index contributed by atoms with van der Waals surface area (Å²) in [5, 5.41) is 6.72. The monoisotopic (exact) mass is 367 g/mol. The number of aliphatic imine (C=N–C) groups is 1. The Balaban J connectivity index is 0. The zero-order valence-electron chi connectivity index (χ0n) is 12.5. The Bertz CT molecular complexity index is 237. The van der Waals surface area contributed by atoms with Crippen LogP contribution in [-0.2, 0) is 0 Å². The van der Waals surface area contributed by atoms with Crippen LogP contribution in [-0.4, -0.2) is 25.6 Å². The van der Waals surface area contributed by atoms with Gasteiger partial charge in [-0.25, -0.2) is 0 Å². The molecule has 0 rings (SSSR count). The van der Waals surface area contributed by atoms with Crippen LogP contribution in [0.1, 0.15) is 47.0 Å². The maximum absolute atomic E-state index is 4.22. The van der Waals surface area contributed by atoms with E-state index >= 15 is 0 Å². The summed E-state index contributed by atoms with van der Waals surface area (Å²) < 4.78 is 0. The van der Waals surface area contributed by atoms with Crippen LogP contribution in [0, 0.1) is 5.92 Å². The van der Waals surface area contributed by atoms with Crippen molar-refractivity contribution >= 4 is 29.9 Å². The molecule has 0 radical (unpaired) electrons. The van der Waals surface area contributed by atoms with E-state index in [0.717, 1.165) is 24.8 Å². The SMILES string of the molecule is C/C=C/CCNC(=NC)NC(C)CCC(C)C.I. The van der Waals surface area contributed by atoms with Gasteiger partial charge in [-0.1, -0.05) is 26.0 Å². The molecule has 0 aliphatic heterocycles. The van der Waals surface area contributed by atoms with Gasteiger partial charge in [0.15, 0.2) is 5.96 Å². The van der Waals surface area contributed by atoms with Crippen molar-refractivity contribution in [3.63, 3.8) is 0 Å². The number of nitrogens with one attached hydrogen (secondary N) is 2. The molecule has 0 heterocycles. The Kier molecular flexibility index (Phi) is 14.7. The molecule has 0 aliphatic carbocycles. The lowest BCUT2D eigenvalue weighted by Crippen LogP contribution is -2.42. The zero-order valence-corrected chi connectivity index (χ0v) is 14.8. The third-order valence-corrected chi connectivity index (χ3v) is 2.62. The van der Waals surface area contributed by atoms with E-state index in [9.17, 15) is 0 Å². The van der Waals surface area contributed by atoms with Gasteiger partial charge >= 0.3 is 0 Å². The van der Waals surface area contributed by atoms with Crippen molar-refractivity contribution in [3.05, 3.63) is 12.2 Å². The van der Waals surface area contributed by atoms with Crippen LogP contribution >= 0.6 is 24.0 Å². The number of hydrogen-bond donors (Lipinski definition) is 2. The molecule has 0 spiro atoms. The quantitative estimate of drug-likeness (QED) is 0.237. The first-order chi connectivity index (χ1) is 8.10. The Labute approximate surface area is 130 Å². The maximum Gasteiger partial charge on any atom is 0.191 e. The van der Waals surface area contributed by atoms with Gasteiger partial charge in [0, 0.05) is 19.6 Å². The molecule has 3 nitrogen and oxygen atoms in total. The standard InChI is InChI=1S/C14H29N3.HI/c1-6-7-8-11-16-14(15-5)17-13(4)10-9-12(2)3;/h6-7,12-13H,8-11H2,1-5H3,(H2,15,16,17);1H/b7-6+;. The molecule has 2 N–H and O–H groups in total. The molecule has 0 bridgehead atoms. The largest absolute Gasteiger partial charge is 0.356 e. The summed E-state index contributed by atoms with van der Waals surface area (Å²) in [6, 6.07) is 0.477. The summed E-state index contributed by atoms with van der Waals surface area (Å²) in [6.45, 7) is 9.71. The molecule has 18 heavy (non-hydrogen) atoms. The van der Waals surface area contributed by atoms with Gasteiger partial charge in [-0.2, -0.15) is 0 Å². The summed E-state index contributed by atoms with van der Waals surface area (Å²) >= 11 is 0. The topological polar surface area (TPSA) is 36.4 Å². The molecule has 0 saturated carbocycles. The minimum Gasteiger partial charge on any atom is -0.356 e. The molecule has 0 amide bonds. The Morgan fingerprint density at radius 2 is 1.89 bits per heavy atom. The molecular formula is C14H30IN3. The lowest BCUT2D eigenvalue weighted by atomic mass is 10.0. The van der Waals surface area contributed by atoms with Crippen molar-refractivity contribution in [2.75, 3.05) is 13.6 Å².